The van der Waals surface area contributed by atoms with Gasteiger partial charge in [-0.05, 0) is 49.5 Å². The molecule has 2 rings (SSSR count). The summed E-state index contributed by atoms with van der Waals surface area (Å²) >= 11 is 0. The monoisotopic (exact) mass is 278 g/mol. The van der Waals surface area contributed by atoms with Gasteiger partial charge in [0.1, 0.15) is 5.82 Å². The van der Waals surface area contributed by atoms with Crippen molar-refractivity contribution in [3.63, 3.8) is 0 Å². The number of hydrogen-bond donors (Lipinski definition) is 2. The van der Waals surface area contributed by atoms with Gasteiger partial charge < -0.3 is 10.6 Å². The van der Waals surface area contributed by atoms with Gasteiger partial charge in [0.05, 0.1) is 0 Å². The molecule has 2 N–H and O–H groups in total. The molecular weight excluding hydrogens is 255 g/mol. The molecule has 0 spiro atoms. The van der Waals surface area contributed by atoms with E-state index in [0.29, 0.717) is 12.3 Å². The number of amides is 1. The highest BCUT2D eigenvalue weighted by atomic mass is 19.1. The predicted octanol–water partition coefficient (Wildman–Crippen LogP) is 2.12. The van der Waals surface area contributed by atoms with Gasteiger partial charge in [-0.25, -0.2) is 4.39 Å². The van der Waals surface area contributed by atoms with Crippen molar-refractivity contribution in [2.45, 2.75) is 32.7 Å². The summed E-state index contributed by atoms with van der Waals surface area (Å²) in [7, 11) is 0. The second-order valence-electron chi connectivity index (χ2n) is 5.82. The normalized spacial score (nSPS) is 24.1. The van der Waals surface area contributed by atoms with Crippen LogP contribution < -0.4 is 10.6 Å². The Kier molecular flexibility index (Phi) is 5.12. The summed E-state index contributed by atoms with van der Waals surface area (Å²) in [5.74, 6) is 0.128. The Morgan fingerprint density at radius 3 is 3.05 bits per heavy atom. The lowest BCUT2D eigenvalue weighted by atomic mass is 9.93. The number of rotatable bonds is 4. The van der Waals surface area contributed by atoms with Crippen LogP contribution in [0.2, 0.25) is 0 Å². The Hall–Kier alpha value is -1.42. The van der Waals surface area contributed by atoms with Gasteiger partial charge in [0.15, 0.2) is 0 Å². The fraction of sp³-hybridized carbons (Fsp3) is 0.562. The molecule has 110 valence electrons. The van der Waals surface area contributed by atoms with Crippen LogP contribution >= 0.6 is 0 Å². The molecular formula is C16H23FN2O. The third-order valence-electron chi connectivity index (χ3n) is 3.99. The number of carbonyl (C=O) groups excluding carboxylic acids is 1. The van der Waals surface area contributed by atoms with Crippen LogP contribution in [0.4, 0.5) is 4.39 Å². The molecule has 0 saturated carbocycles. The van der Waals surface area contributed by atoms with E-state index in [-0.39, 0.29) is 23.7 Å². The number of halogens is 1. The van der Waals surface area contributed by atoms with Crippen molar-refractivity contribution in [3.8, 4) is 0 Å². The molecule has 1 saturated heterocycles. The first-order valence-electron chi connectivity index (χ1n) is 7.32. The summed E-state index contributed by atoms with van der Waals surface area (Å²) in [4.78, 5) is 12.2. The second kappa shape index (κ2) is 6.84. The van der Waals surface area contributed by atoms with Crippen molar-refractivity contribution in [1.82, 2.24) is 10.6 Å². The molecule has 3 atom stereocenters. The molecule has 1 amide bonds. The van der Waals surface area contributed by atoms with Gasteiger partial charge >= 0.3 is 0 Å². The Bertz CT molecular complexity index is 464. The lowest BCUT2D eigenvalue weighted by Gasteiger charge is -2.31. The average Bonchev–Trinajstić information content (AvgIpc) is 2.41. The van der Waals surface area contributed by atoms with Crippen LogP contribution in [0.25, 0.3) is 0 Å². The van der Waals surface area contributed by atoms with E-state index >= 15 is 0 Å². The van der Waals surface area contributed by atoms with E-state index in [0.717, 1.165) is 25.1 Å². The van der Waals surface area contributed by atoms with Gasteiger partial charge in [-0.3, -0.25) is 4.79 Å². The third-order valence-corrected chi connectivity index (χ3v) is 3.99. The zero-order chi connectivity index (χ0) is 14.5. The lowest BCUT2D eigenvalue weighted by Crippen LogP contribution is -2.49. The Balaban J connectivity index is 1.88. The summed E-state index contributed by atoms with van der Waals surface area (Å²) in [6, 6.07) is 6.71. The van der Waals surface area contributed by atoms with Crippen molar-refractivity contribution in [1.29, 1.82) is 0 Å². The van der Waals surface area contributed by atoms with Gasteiger partial charge in [-0.15, -0.1) is 0 Å². The summed E-state index contributed by atoms with van der Waals surface area (Å²) in [6.45, 7) is 5.94. The molecule has 0 aliphatic carbocycles. The van der Waals surface area contributed by atoms with Crippen LogP contribution in [0.5, 0.6) is 0 Å². The number of piperidine rings is 1. The maximum Gasteiger partial charge on any atom is 0.223 e. The molecule has 0 bridgehead atoms. The van der Waals surface area contributed by atoms with Crippen molar-refractivity contribution in [3.05, 3.63) is 35.6 Å². The van der Waals surface area contributed by atoms with E-state index in [1.54, 1.807) is 6.07 Å². The van der Waals surface area contributed by atoms with Crippen LogP contribution in [0.3, 0.4) is 0 Å². The van der Waals surface area contributed by atoms with E-state index in [9.17, 15) is 9.18 Å². The Morgan fingerprint density at radius 2 is 2.35 bits per heavy atom. The van der Waals surface area contributed by atoms with Gasteiger partial charge in [-0.1, -0.05) is 26.0 Å². The molecule has 0 aromatic heterocycles. The Labute approximate surface area is 120 Å². The standard InChI is InChI=1S/C16H23FN2O/c1-11(8-13-4-3-5-14(17)9-13)16(20)19-15-6-7-18-10-12(15)2/h3-5,9,11-12,15,18H,6-8,10H2,1-2H3,(H,19,20). The van der Waals surface area contributed by atoms with Crippen molar-refractivity contribution in [2.75, 3.05) is 13.1 Å². The fourth-order valence-corrected chi connectivity index (χ4v) is 2.66. The smallest absolute Gasteiger partial charge is 0.223 e. The molecule has 1 heterocycles. The summed E-state index contributed by atoms with van der Waals surface area (Å²) < 4.78 is 13.1. The maximum absolute atomic E-state index is 13.1. The number of carbonyl (C=O) groups is 1. The topological polar surface area (TPSA) is 41.1 Å². The van der Waals surface area contributed by atoms with Crippen molar-refractivity contribution >= 4 is 5.91 Å². The van der Waals surface area contributed by atoms with E-state index in [2.05, 4.69) is 17.6 Å². The average molecular weight is 278 g/mol. The van der Waals surface area contributed by atoms with E-state index in [1.165, 1.54) is 12.1 Å². The van der Waals surface area contributed by atoms with Crippen LogP contribution in [-0.4, -0.2) is 25.0 Å². The first-order valence-corrected chi connectivity index (χ1v) is 7.32. The van der Waals surface area contributed by atoms with Crippen LogP contribution in [0.1, 0.15) is 25.8 Å². The molecule has 20 heavy (non-hydrogen) atoms. The zero-order valence-electron chi connectivity index (χ0n) is 12.2. The summed E-state index contributed by atoms with van der Waals surface area (Å²) in [5.41, 5.74) is 0.867. The number of nitrogens with one attached hydrogen (secondary N) is 2. The first kappa shape index (κ1) is 15.0. The molecule has 3 nitrogen and oxygen atoms in total. The van der Waals surface area contributed by atoms with E-state index in [4.69, 9.17) is 0 Å². The van der Waals surface area contributed by atoms with Gasteiger partial charge in [0.25, 0.3) is 0 Å². The van der Waals surface area contributed by atoms with Crippen LogP contribution in [-0.2, 0) is 11.2 Å². The predicted molar refractivity (Wildman–Crippen MR) is 77.8 cm³/mol. The van der Waals surface area contributed by atoms with Crippen LogP contribution in [0, 0.1) is 17.7 Å². The number of hydrogen-bond acceptors (Lipinski definition) is 2. The van der Waals surface area contributed by atoms with E-state index < -0.39 is 0 Å². The molecule has 3 unspecified atom stereocenters. The largest absolute Gasteiger partial charge is 0.353 e. The first-order chi connectivity index (χ1) is 9.56. The molecule has 1 aromatic rings. The third kappa shape index (κ3) is 4.04. The molecule has 1 aliphatic rings. The second-order valence-corrected chi connectivity index (χ2v) is 5.82. The minimum atomic E-state index is -0.248. The minimum absolute atomic E-state index is 0.0630. The quantitative estimate of drug-likeness (QED) is 0.886. The van der Waals surface area contributed by atoms with Gasteiger partial charge in [0.2, 0.25) is 5.91 Å². The molecule has 4 heteroatoms. The maximum atomic E-state index is 13.1. The Morgan fingerprint density at radius 1 is 1.55 bits per heavy atom. The van der Waals surface area contributed by atoms with Crippen molar-refractivity contribution < 1.29 is 9.18 Å². The highest BCUT2D eigenvalue weighted by Crippen LogP contribution is 2.14. The van der Waals surface area contributed by atoms with E-state index in [1.807, 2.05) is 13.0 Å². The highest BCUT2D eigenvalue weighted by Gasteiger charge is 2.24. The number of benzene rings is 1. The SMILES string of the molecule is CC(Cc1cccc(F)c1)C(=O)NC1CCNCC1C. The molecule has 1 aliphatic heterocycles. The van der Waals surface area contributed by atoms with Gasteiger partial charge in [-0.2, -0.15) is 0 Å². The van der Waals surface area contributed by atoms with Crippen LogP contribution in [0.15, 0.2) is 24.3 Å². The molecule has 1 fully saturated rings. The molecule has 0 radical (unpaired) electrons. The summed E-state index contributed by atoms with van der Waals surface area (Å²) in [6.07, 6.45) is 1.54. The van der Waals surface area contributed by atoms with Gasteiger partial charge in [0, 0.05) is 12.0 Å². The highest BCUT2D eigenvalue weighted by molar-refractivity contribution is 5.78. The van der Waals surface area contributed by atoms with Crippen molar-refractivity contribution in [2.24, 2.45) is 11.8 Å². The zero-order valence-corrected chi connectivity index (χ0v) is 12.2. The molecule has 1 aromatic carbocycles. The summed E-state index contributed by atoms with van der Waals surface area (Å²) in [5, 5.41) is 6.45. The fourth-order valence-electron chi connectivity index (χ4n) is 2.66. The minimum Gasteiger partial charge on any atom is -0.353 e. The lowest BCUT2D eigenvalue weighted by molar-refractivity contribution is -0.125.